The van der Waals surface area contributed by atoms with Crippen molar-refractivity contribution in [2.75, 3.05) is 20.1 Å². The summed E-state index contributed by atoms with van der Waals surface area (Å²) in [7, 11) is 1.94. The molecular formula is C16H21N3O. The Labute approximate surface area is 120 Å². The van der Waals surface area contributed by atoms with Gasteiger partial charge in [0.2, 0.25) is 0 Å². The molecule has 1 atom stereocenters. The molecule has 1 aromatic carbocycles. The van der Waals surface area contributed by atoms with Gasteiger partial charge in [0.05, 0.1) is 11.6 Å². The second kappa shape index (κ2) is 7.06. The minimum atomic E-state index is 0.0929. The number of nitrogens with one attached hydrogen (secondary N) is 1. The summed E-state index contributed by atoms with van der Waals surface area (Å²) in [6, 6.07) is 9.33. The quantitative estimate of drug-likeness (QED) is 0.913. The Bertz CT molecular complexity index is 489. The zero-order chi connectivity index (χ0) is 14.4. The van der Waals surface area contributed by atoms with E-state index in [1.165, 1.54) is 6.42 Å². The van der Waals surface area contributed by atoms with Gasteiger partial charge in [0, 0.05) is 18.2 Å². The topological polar surface area (TPSA) is 56.1 Å². The average molecular weight is 271 g/mol. The molecule has 1 N–H and O–H groups in total. The first-order valence-electron chi connectivity index (χ1n) is 7.22. The molecule has 1 unspecified atom stereocenters. The standard InChI is InChI=1S/C16H21N3O/c1-18-10-9-15-4-2-3-11-19(15)16(20)14-7-5-13(12-17)6-8-14/h5-8,15,18H,2-4,9-11H2,1H3. The van der Waals surface area contributed by atoms with Crippen LogP contribution in [0.2, 0.25) is 0 Å². The van der Waals surface area contributed by atoms with Gasteiger partial charge in [-0.2, -0.15) is 5.26 Å². The van der Waals surface area contributed by atoms with Gasteiger partial charge in [-0.3, -0.25) is 4.79 Å². The van der Waals surface area contributed by atoms with Gasteiger partial charge in [-0.25, -0.2) is 0 Å². The van der Waals surface area contributed by atoms with E-state index in [0.717, 1.165) is 32.4 Å². The second-order valence-electron chi connectivity index (χ2n) is 5.23. The Balaban J connectivity index is 2.10. The average Bonchev–Trinajstić information content (AvgIpc) is 2.52. The van der Waals surface area contributed by atoms with E-state index in [2.05, 4.69) is 11.4 Å². The number of nitriles is 1. The Hall–Kier alpha value is -1.86. The predicted molar refractivity (Wildman–Crippen MR) is 78.4 cm³/mol. The zero-order valence-corrected chi connectivity index (χ0v) is 11.9. The van der Waals surface area contributed by atoms with Crippen molar-refractivity contribution >= 4 is 5.91 Å². The highest BCUT2D eigenvalue weighted by molar-refractivity contribution is 5.94. The van der Waals surface area contributed by atoms with Crippen LogP contribution in [0.25, 0.3) is 0 Å². The molecule has 0 bridgehead atoms. The van der Waals surface area contributed by atoms with Crippen LogP contribution in [0.1, 0.15) is 41.6 Å². The normalized spacial score (nSPS) is 18.6. The van der Waals surface area contributed by atoms with Gasteiger partial charge in [0.25, 0.3) is 5.91 Å². The minimum Gasteiger partial charge on any atom is -0.336 e. The molecular weight excluding hydrogens is 250 g/mol. The molecule has 0 radical (unpaired) electrons. The monoisotopic (exact) mass is 271 g/mol. The van der Waals surface area contributed by atoms with E-state index in [1.807, 2.05) is 11.9 Å². The van der Waals surface area contributed by atoms with Crippen LogP contribution in [0.5, 0.6) is 0 Å². The van der Waals surface area contributed by atoms with E-state index in [1.54, 1.807) is 24.3 Å². The van der Waals surface area contributed by atoms with Gasteiger partial charge >= 0.3 is 0 Å². The number of piperidine rings is 1. The Morgan fingerprint density at radius 3 is 2.80 bits per heavy atom. The fraction of sp³-hybridized carbons (Fsp3) is 0.500. The molecule has 4 nitrogen and oxygen atoms in total. The van der Waals surface area contributed by atoms with Crippen molar-refractivity contribution in [3.05, 3.63) is 35.4 Å². The zero-order valence-electron chi connectivity index (χ0n) is 11.9. The van der Waals surface area contributed by atoms with Crippen LogP contribution in [0.15, 0.2) is 24.3 Å². The van der Waals surface area contributed by atoms with Crippen LogP contribution < -0.4 is 5.32 Å². The number of hydrogen-bond acceptors (Lipinski definition) is 3. The van der Waals surface area contributed by atoms with Crippen molar-refractivity contribution in [3.63, 3.8) is 0 Å². The summed E-state index contributed by atoms with van der Waals surface area (Å²) in [6.07, 6.45) is 4.37. The van der Waals surface area contributed by atoms with E-state index in [4.69, 9.17) is 5.26 Å². The molecule has 2 rings (SSSR count). The third-order valence-electron chi connectivity index (χ3n) is 3.88. The third kappa shape index (κ3) is 3.37. The molecule has 1 heterocycles. The lowest BCUT2D eigenvalue weighted by molar-refractivity contribution is 0.0602. The third-order valence-corrected chi connectivity index (χ3v) is 3.88. The number of benzene rings is 1. The number of rotatable bonds is 4. The highest BCUT2D eigenvalue weighted by Gasteiger charge is 2.26. The maximum Gasteiger partial charge on any atom is 0.254 e. The molecule has 0 spiro atoms. The maximum atomic E-state index is 12.6. The smallest absolute Gasteiger partial charge is 0.254 e. The van der Waals surface area contributed by atoms with Crippen molar-refractivity contribution in [2.24, 2.45) is 0 Å². The summed E-state index contributed by atoms with van der Waals surface area (Å²) < 4.78 is 0. The van der Waals surface area contributed by atoms with Gasteiger partial charge < -0.3 is 10.2 Å². The molecule has 1 fully saturated rings. The van der Waals surface area contributed by atoms with Crippen molar-refractivity contribution in [1.29, 1.82) is 5.26 Å². The van der Waals surface area contributed by atoms with Gasteiger partial charge in [0.1, 0.15) is 0 Å². The minimum absolute atomic E-state index is 0.0929. The molecule has 1 aromatic rings. The van der Waals surface area contributed by atoms with Gasteiger partial charge in [-0.15, -0.1) is 0 Å². The Morgan fingerprint density at radius 1 is 1.40 bits per heavy atom. The van der Waals surface area contributed by atoms with Gasteiger partial charge in [0.15, 0.2) is 0 Å². The molecule has 20 heavy (non-hydrogen) atoms. The molecule has 0 saturated carbocycles. The summed E-state index contributed by atoms with van der Waals surface area (Å²) in [5.74, 6) is 0.0929. The van der Waals surface area contributed by atoms with Crippen LogP contribution in [0, 0.1) is 11.3 Å². The molecule has 1 aliphatic heterocycles. The molecule has 1 amide bonds. The van der Waals surface area contributed by atoms with Crippen molar-refractivity contribution in [1.82, 2.24) is 10.2 Å². The number of carbonyl (C=O) groups excluding carboxylic acids is 1. The van der Waals surface area contributed by atoms with E-state index in [-0.39, 0.29) is 5.91 Å². The van der Waals surface area contributed by atoms with E-state index < -0.39 is 0 Å². The first-order chi connectivity index (χ1) is 9.76. The van der Waals surface area contributed by atoms with Crippen LogP contribution in [0.4, 0.5) is 0 Å². The molecule has 106 valence electrons. The summed E-state index contributed by atoms with van der Waals surface area (Å²) in [4.78, 5) is 14.6. The number of hydrogen-bond donors (Lipinski definition) is 1. The highest BCUT2D eigenvalue weighted by atomic mass is 16.2. The first-order valence-corrected chi connectivity index (χ1v) is 7.22. The lowest BCUT2D eigenvalue weighted by Gasteiger charge is -2.36. The maximum absolute atomic E-state index is 12.6. The first kappa shape index (κ1) is 14.5. The van der Waals surface area contributed by atoms with E-state index in [0.29, 0.717) is 17.2 Å². The van der Waals surface area contributed by atoms with E-state index >= 15 is 0 Å². The van der Waals surface area contributed by atoms with Crippen molar-refractivity contribution in [3.8, 4) is 6.07 Å². The van der Waals surface area contributed by atoms with Gasteiger partial charge in [-0.05, 0) is 63.5 Å². The molecule has 1 aliphatic rings. The molecule has 0 aliphatic carbocycles. The van der Waals surface area contributed by atoms with Crippen LogP contribution in [0.3, 0.4) is 0 Å². The fourth-order valence-electron chi connectivity index (χ4n) is 2.73. The number of amides is 1. The van der Waals surface area contributed by atoms with Crippen molar-refractivity contribution in [2.45, 2.75) is 31.7 Å². The number of likely N-dealkylation sites (tertiary alicyclic amines) is 1. The lowest BCUT2D eigenvalue weighted by atomic mass is 9.98. The van der Waals surface area contributed by atoms with Gasteiger partial charge in [-0.1, -0.05) is 0 Å². The summed E-state index contributed by atoms with van der Waals surface area (Å²) in [5, 5.41) is 12.0. The molecule has 1 saturated heterocycles. The SMILES string of the molecule is CNCCC1CCCCN1C(=O)c1ccc(C#N)cc1. The fourth-order valence-corrected chi connectivity index (χ4v) is 2.73. The number of nitrogens with zero attached hydrogens (tertiary/aromatic N) is 2. The van der Waals surface area contributed by atoms with Crippen LogP contribution in [-0.2, 0) is 0 Å². The lowest BCUT2D eigenvalue weighted by Crippen LogP contribution is -2.44. The summed E-state index contributed by atoms with van der Waals surface area (Å²) in [6.45, 7) is 1.77. The summed E-state index contributed by atoms with van der Waals surface area (Å²) in [5.41, 5.74) is 1.27. The Kier molecular flexibility index (Phi) is 5.14. The second-order valence-corrected chi connectivity index (χ2v) is 5.23. The van der Waals surface area contributed by atoms with Crippen LogP contribution in [-0.4, -0.2) is 37.0 Å². The predicted octanol–water partition coefficient (Wildman–Crippen LogP) is 2.16. The molecule has 4 heteroatoms. The van der Waals surface area contributed by atoms with E-state index in [9.17, 15) is 4.79 Å². The van der Waals surface area contributed by atoms with Crippen LogP contribution >= 0.6 is 0 Å². The largest absolute Gasteiger partial charge is 0.336 e. The highest BCUT2D eigenvalue weighted by Crippen LogP contribution is 2.22. The Morgan fingerprint density at radius 2 is 2.15 bits per heavy atom. The number of carbonyl (C=O) groups is 1. The molecule has 0 aromatic heterocycles. The van der Waals surface area contributed by atoms with Crippen molar-refractivity contribution < 1.29 is 4.79 Å². The summed E-state index contributed by atoms with van der Waals surface area (Å²) >= 11 is 0.